The zero-order valence-corrected chi connectivity index (χ0v) is 12.5. The van der Waals surface area contributed by atoms with Gasteiger partial charge in [-0.15, -0.1) is 11.6 Å². The molecule has 2 aromatic heterocycles. The van der Waals surface area contributed by atoms with Gasteiger partial charge in [-0.05, 0) is 24.6 Å². The van der Waals surface area contributed by atoms with Gasteiger partial charge >= 0.3 is 0 Å². The van der Waals surface area contributed by atoms with E-state index < -0.39 is 0 Å². The third-order valence-electron chi connectivity index (χ3n) is 3.44. The monoisotopic (exact) mass is 306 g/mol. The highest BCUT2D eigenvalue weighted by Gasteiger charge is 2.13. The van der Waals surface area contributed by atoms with Crippen LogP contribution in [-0.4, -0.2) is 25.2 Å². The summed E-state index contributed by atoms with van der Waals surface area (Å²) in [4.78, 5) is 4.39. The molecule has 0 amide bonds. The number of halogens is 2. The fourth-order valence-electron chi connectivity index (χ4n) is 2.48. The number of nitrogens with zero attached hydrogens (tertiary/aromatic N) is 4. The van der Waals surface area contributed by atoms with Crippen LogP contribution < -0.4 is 0 Å². The van der Waals surface area contributed by atoms with E-state index in [-0.39, 0.29) is 5.82 Å². The summed E-state index contributed by atoms with van der Waals surface area (Å²) in [7, 11) is 0. The largest absolute Gasteiger partial charge is 0.326 e. The summed E-state index contributed by atoms with van der Waals surface area (Å²) in [5.74, 6) is 0.984. The SMILES string of the molecule is Cc1cnn(CCn2c(CCCl)nc3c(F)cccc32)c1. The number of aromatic nitrogens is 4. The van der Waals surface area contributed by atoms with Crippen molar-refractivity contribution in [3.05, 3.63) is 47.8 Å². The van der Waals surface area contributed by atoms with E-state index in [1.165, 1.54) is 6.07 Å². The molecule has 0 aliphatic carbocycles. The number of rotatable bonds is 5. The molecule has 0 saturated carbocycles. The lowest BCUT2D eigenvalue weighted by Crippen LogP contribution is -2.11. The second kappa shape index (κ2) is 5.85. The van der Waals surface area contributed by atoms with E-state index in [2.05, 4.69) is 10.1 Å². The molecule has 0 N–H and O–H groups in total. The first-order chi connectivity index (χ1) is 10.2. The molecule has 0 unspecified atom stereocenters. The summed E-state index contributed by atoms with van der Waals surface area (Å²) in [5.41, 5.74) is 2.34. The average molecular weight is 307 g/mol. The summed E-state index contributed by atoms with van der Waals surface area (Å²) in [6, 6.07) is 5.02. The minimum absolute atomic E-state index is 0.294. The lowest BCUT2D eigenvalue weighted by Gasteiger charge is -2.08. The number of hydrogen-bond acceptors (Lipinski definition) is 2. The molecule has 3 rings (SSSR count). The van der Waals surface area contributed by atoms with Crippen LogP contribution in [0.25, 0.3) is 11.0 Å². The van der Waals surface area contributed by atoms with Crippen LogP contribution in [0.5, 0.6) is 0 Å². The van der Waals surface area contributed by atoms with E-state index >= 15 is 0 Å². The van der Waals surface area contributed by atoms with Crippen molar-refractivity contribution < 1.29 is 4.39 Å². The van der Waals surface area contributed by atoms with Gasteiger partial charge in [0.1, 0.15) is 11.3 Å². The maximum absolute atomic E-state index is 13.9. The van der Waals surface area contributed by atoms with Crippen LogP contribution in [0, 0.1) is 12.7 Å². The van der Waals surface area contributed by atoms with Crippen molar-refractivity contribution in [3.8, 4) is 0 Å². The summed E-state index contributed by atoms with van der Waals surface area (Å²) < 4.78 is 17.8. The molecule has 0 aliphatic rings. The third kappa shape index (κ3) is 2.78. The Hall–Kier alpha value is -1.88. The smallest absolute Gasteiger partial charge is 0.151 e. The van der Waals surface area contributed by atoms with Gasteiger partial charge in [0.2, 0.25) is 0 Å². The highest BCUT2D eigenvalue weighted by molar-refractivity contribution is 6.17. The lowest BCUT2D eigenvalue weighted by atomic mass is 10.3. The fourth-order valence-corrected chi connectivity index (χ4v) is 2.65. The molecule has 0 atom stereocenters. The van der Waals surface area contributed by atoms with Crippen LogP contribution in [-0.2, 0) is 19.5 Å². The number of hydrogen-bond donors (Lipinski definition) is 0. The molecular weight excluding hydrogens is 291 g/mol. The van der Waals surface area contributed by atoms with Gasteiger partial charge in [-0.1, -0.05) is 6.07 Å². The van der Waals surface area contributed by atoms with Crippen molar-refractivity contribution in [3.63, 3.8) is 0 Å². The van der Waals surface area contributed by atoms with Gasteiger partial charge in [0.05, 0.1) is 18.3 Å². The minimum atomic E-state index is -0.294. The molecule has 0 aliphatic heterocycles. The number of imidazole rings is 1. The van der Waals surface area contributed by atoms with Gasteiger partial charge in [-0.25, -0.2) is 9.37 Å². The zero-order valence-electron chi connectivity index (χ0n) is 11.8. The van der Waals surface area contributed by atoms with Gasteiger partial charge < -0.3 is 4.57 Å². The summed E-state index contributed by atoms with van der Waals surface area (Å²) in [6.07, 6.45) is 4.43. The van der Waals surface area contributed by atoms with E-state index in [0.717, 1.165) is 16.9 Å². The molecule has 4 nitrogen and oxygen atoms in total. The molecule has 2 heterocycles. The van der Waals surface area contributed by atoms with Crippen molar-refractivity contribution in [2.24, 2.45) is 0 Å². The molecule has 0 fully saturated rings. The Bertz CT molecular complexity index is 762. The Morgan fingerprint density at radius 1 is 1.29 bits per heavy atom. The van der Waals surface area contributed by atoms with E-state index in [0.29, 0.717) is 30.9 Å². The molecule has 1 aromatic carbocycles. The Morgan fingerprint density at radius 3 is 2.86 bits per heavy atom. The first-order valence-electron chi connectivity index (χ1n) is 6.87. The van der Waals surface area contributed by atoms with E-state index in [9.17, 15) is 4.39 Å². The molecular formula is C15H16ClFN4. The van der Waals surface area contributed by atoms with Gasteiger partial charge in [-0.3, -0.25) is 4.68 Å². The normalized spacial score (nSPS) is 11.4. The minimum Gasteiger partial charge on any atom is -0.326 e. The van der Waals surface area contributed by atoms with Crippen LogP contribution >= 0.6 is 11.6 Å². The highest BCUT2D eigenvalue weighted by Crippen LogP contribution is 2.20. The van der Waals surface area contributed by atoms with Gasteiger partial charge in [0.15, 0.2) is 5.82 Å². The van der Waals surface area contributed by atoms with Crippen LogP contribution in [0.1, 0.15) is 11.4 Å². The molecule has 0 radical (unpaired) electrons. The predicted octanol–water partition coefficient (Wildman–Crippen LogP) is 3.16. The summed E-state index contributed by atoms with van der Waals surface area (Å²) in [5, 5.41) is 4.27. The average Bonchev–Trinajstić information content (AvgIpc) is 3.02. The number of para-hydroxylation sites is 1. The predicted molar refractivity (Wildman–Crippen MR) is 81.1 cm³/mol. The van der Waals surface area contributed by atoms with Gasteiger partial charge in [0, 0.05) is 25.0 Å². The van der Waals surface area contributed by atoms with Crippen molar-refractivity contribution in [1.82, 2.24) is 19.3 Å². The second-order valence-electron chi connectivity index (χ2n) is 5.01. The molecule has 0 saturated heterocycles. The Labute approximate surface area is 127 Å². The summed E-state index contributed by atoms with van der Waals surface area (Å²) in [6.45, 7) is 3.41. The van der Waals surface area contributed by atoms with E-state index in [1.807, 2.05) is 34.6 Å². The second-order valence-corrected chi connectivity index (χ2v) is 5.38. The standard InChI is InChI=1S/C15H16ClFN4/c1-11-9-18-20(10-11)7-8-21-13-4-2-3-12(17)15(13)19-14(21)5-6-16/h2-4,9-10H,5-8H2,1H3. The molecule has 110 valence electrons. The van der Waals surface area contributed by atoms with Crippen molar-refractivity contribution >= 4 is 22.6 Å². The van der Waals surface area contributed by atoms with E-state index in [1.54, 1.807) is 6.07 Å². The number of aryl methyl sites for hydroxylation is 4. The number of fused-ring (bicyclic) bond motifs is 1. The van der Waals surface area contributed by atoms with Gasteiger partial charge in [0.25, 0.3) is 0 Å². The first kappa shape index (κ1) is 14.1. The first-order valence-corrected chi connectivity index (χ1v) is 7.41. The van der Waals surface area contributed by atoms with Crippen LogP contribution in [0.2, 0.25) is 0 Å². The number of alkyl halides is 1. The fraction of sp³-hybridized carbons (Fsp3) is 0.333. The molecule has 21 heavy (non-hydrogen) atoms. The molecule has 6 heteroatoms. The zero-order chi connectivity index (χ0) is 14.8. The van der Waals surface area contributed by atoms with Gasteiger partial charge in [-0.2, -0.15) is 5.10 Å². The maximum Gasteiger partial charge on any atom is 0.151 e. The topological polar surface area (TPSA) is 35.6 Å². The highest BCUT2D eigenvalue weighted by atomic mass is 35.5. The molecule has 0 bridgehead atoms. The Kier molecular flexibility index (Phi) is 3.92. The van der Waals surface area contributed by atoms with Crippen LogP contribution in [0.3, 0.4) is 0 Å². The van der Waals surface area contributed by atoms with Crippen LogP contribution in [0.4, 0.5) is 4.39 Å². The molecule has 3 aromatic rings. The van der Waals surface area contributed by atoms with Crippen molar-refractivity contribution in [2.45, 2.75) is 26.4 Å². The van der Waals surface area contributed by atoms with Crippen molar-refractivity contribution in [2.75, 3.05) is 5.88 Å². The Morgan fingerprint density at radius 2 is 2.14 bits per heavy atom. The lowest BCUT2D eigenvalue weighted by molar-refractivity contribution is 0.529. The van der Waals surface area contributed by atoms with Crippen molar-refractivity contribution in [1.29, 1.82) is 0 Å². The third-order valence-corrected chi connectivity index (χ3v) is 3.63. The quantitative estimate of drug-likeness (QED) is 0.679. The Balaban J connectivity index is 1.95. The number of benzene rings is 1. The molecule has 0 spiro atoms. The maximum atomic E-state index is 13.9. The van der Waals surface area contributed by atoms with Crippen LogP contribution in [0.15, 0.2) is 30.6 Å². The summed E-state index contributed by atoms with van der Waals surface area (Å²) >= 11 is 5.83. The van der Waals surface area contributed by atoms with E-state index in [4.69, 9.17) is 11.6 Å².